The minimum absolute atomic E-state index is 1.09. The lowest BCUT2D eigenvalue weighted by Crippen LogP contribution is -2.13. The Hall–Kier alpha value is -7.16. The van der Waals surface area contributed by atoms with Crippen molar-refractivity contribution in [1.82, 2.24) is 4.57 Å². The van der Waals surface area contributed by atoms with Gasteiger partial charge in [-0.25, -0.2) is 0 Å². The molecule has 0 spiro atoms. The molecule has 2 heteroatoms. The van der Waals surface area contributed by atoms with E-state index in [2.05, 4.69) is 228 Å². The normalized spacial score (nSPS) is 11.3. The van der Waals surface area contributed by atoms with Crippen LogP contribution in [0.15, 0.2) is 218 Å². The topological polar surface area (TPSA) is 8.17 Å². The van der Waals surface area contributed by atoms with E-state index in [1.54, 1.807) is 0 Å². The average molecular weight is 689 g/mol. The monoisotopic (exact) mass is 688 g/mol. The van der Waals surface area contributed by atoms with Crippen molar-refractivity contribution < 1.29 is 0 Å². The maximum Gasteiger partial charge on any atom is 0.0702 e. The summed E-state index contributed by atoms with van der Waals surface area (Å²) in [5.41, 5.74) is 14.0. The molecule has 10 rings (SSSR count). The molecule has 1 heterocycles. The standard InChI is InChI=1S/C52H36N2/c1-2-13-37(14-3-1)39-29-33-43(34-30-39)53(51-23-10-11-24-52(51)54-49-21-8-6-18-47(49)48-19-7-9-22-50(48)54)44-35-31-40(32-36-44)38-25-27-42(28-26-38)46-20-12-16-41-15-4-5-17-45(41)46/h1-36H. The van der Waals surface area contributed by atoms with Crippen LogP contribution in [0.4, 0.5) is 17.1 Å². The highest BCUT2D eigenvalue weighted by Gasteiger charge is 2.20. The number of benzene rings is 9. The largest absolute Gasteiger partial charge is 0.308 e. The van der Waals surface area contributed by atoms with E-state index in [0.717, 1.165) is 22.7 Å². The molecule has 254 valence electrons. The zero-order valence-corrected chi connectivity index (χ0v) is 29.7. The van der Waals surface area contributed by atoms with Crippen LogP contribution >= 0.6 is 0 Å². The van der Waals surface area contributed by atoms with E-state index >= 15 is 0 Å². The van der Waals surface area contributed by atoms with Gasteiger partial charge in [0.1, 0.15) is 0 Å². The van der Waals surface area contributed by atoms with Crippen molar-refractivity contribution in [1.29, 1.82) is 0 Å². The Kier molecular flexibility index (Phi) is 7.85. The summed E-state index contributed by atoms with van der Waals surface area (Å²) in [5.74, 6) is 0. The zero-order chi connectivity index (χ0) is 35.8. The third-order valence-corrected chi connectivity index (χ3v) is 10.6. The molecule has 0 aliphatic heterocycles. The third-order valence-electron chi connectivity index (χ3n) is 10.6. The molecule has 2 nitrogen and oxygen atoms in total. The average Bonchev–Trinajstić information content (AvgIpc) is 3.59. The van der Waals surface area contributed by atoms with Gasteiger partial charge in [-0.05, 0) is 92.7 Å². The quantitative estimate of drug-likeness (QED) is 0.162. The molecule has 0 atom stereocenters. The van der Waals surface area contributed by atoms with E-state index in [-0.39, 0.29) is 0 Å². The molecule has 0 amide bonds. The van der Waals surface area contributed by atoms with E-state index in [4.69, 9.17) is 0 Å². The highest BCUT2D eigenvalue weighted by atomic mass is 15.2. The number of hydrogen-bond donors (Lipinski definition) is 0. The molecule has 0 saturated heterocycles. The number of fused-ring (bicyclic) bond motifs is 4. The second-order valence-electron chi connectivity index (χ2n) is 13.8. The maximum atomic E-state index is 2.41. The van der Waals surface area contributed by atoms with Gasteiger partial charge in [0.05, 0.1) is 22.4 Å². The smallest absolute Gasteiger partial charge is 0.0702 e. The predicted molar refractivity (Wildman–Crippen MR) is 229 cm³/mol. The van der Waals surface area contributed by atoms with Gasteiger partial charge in [-0.3, -0.25) is 0 Å². The van der Waals surface area contributed by atoms with Crippen LogP contribution in [0.2, 0.25) is 0 Å². The fourth-order valence-corrected chi connectivity index (χ4v) is 8.01. The van der Waals surface area contributed by atoms with Gasteiger partial charge in [-0.15, -0.1) is 0 Å². The molecule has 0 radical (unpaired) electrons. The van der Waals surface area contributed by atoms with Crippen LogP contribution in [0.25, 0.3) is 71.6 Å². The summed E-state index contributed by atoms with van der Waals surface area (Å²) in [6.07, 6.45) is 0. The van der Waals surface area contributed by atoms with E-state index in [1.807, 2.05) is 0 Å². The molecule has 1 aromatic heterocycles. The van der Waals surface area contributed by atoms with Crippen LogP contribution in [-0.2, 0) is 0 Å². The van der Waals surface area contributed by atoms with Gasteiger partial charge in [0.2, 0.25) is 0 Å². The van der Waals surface area contributed by atoms with E-state index in [1.165, 1.54) is 66.0 Å². The van der Waals surface area contributed by atoms with Gasteiger partial charge in [-0.2, -0.15) is 0 Å². The van der Waals surface area contributed by atoms with Gasteiger partial charge in [0.25, 0.3) is 0 Å². The molecule has 0 unspecified atom stereocenters. The number of aromatic nitrogens is 1. The van der Waals surface area contributed by atoms with Crippen molar-refractivity contribution in [2.24, 2.45) is 0 Å². The summed E-state index contributed by atoms with van der Waals surface area (Å²) >= 11 is 0. The lowest BCUT2D eigenvalue weighted by Gasteiger charge is -2.28. The van der Waals surface area contributed by atoms with E-state index in [0.29, 0.717) is 0 Å². The first-order valence-electron chi connectivity index (χ1n) is 18.5. The molecule has 10 aromatic rings. The summed E-state index contributed by atoms with van der Waals surface area (Å²) in [7, 11) is 0. The Morgan fingerprint density at radius 2 is 0.741 bits per heavy atom. The molecule has 0 N–H and O–H groups in total. The van der Waals surface area contributed by atoms with Gasteiger partial charge in [0.15, 0.2) is 0 Å². The van der Waals surface area contributed by atoms with Gasteiger partial charge in [-0.1, -0.05) is 170 Å². The minimum atomic E-state index is 1.09. The Labute approximate surface area is 315 Å². The third kappa shape index (κ3) is 5.53. The molecule has 0 bridgehead atoms. The van der Waals surface area contributed by atoms with Crippen LogP contribution in [0.5, 0.6) is 0 Å². The summed E-state index contributed by atoms with van der Waals surface area (Å²) in [6.45, 7) is 0. The minimum Gasteiger partial charge on any atom is -0.308 e. The first kappa shape index (κ1) is 31.6. The maximum absolute atomic E-state index is 2.41. The zero-order valence-electron chi connectivity index (χ0n) is 29.7. The molecule has 0 fully saturated rings. The molecular formula is C52H36N2. The summed E-state index contributed by atoms with van der Waals surface area (Å²) in [6, 6.07) is 78.8. The lowest BCUT2D eigenvalue weighted by molar-refractivity contribution is 1.15. The number of rotatable bonds is 7. The van der Waals surface area contributed by atoms with E-state index < -0.39 is 0 Å². The van der Waals surface area contributed by atoms with Crippen molar-refractivity contribution in [3.63, 3.8) is 0 Å². The predicted octanol–water partition coefficient (Wildman–Crippen LogP) is 14.4. The first-order chi connectivity index (χ1) is 26.8. The van der Waals surface area contributed by atoms with Crippen LogP contribution in [-0.4, -0.2) is 4.57 Å². The second-order valence-corrected chi connectivity index (χ2v) is 13.8. The molecule has 9 aromatic carbocycles. The fraction of sp³-hybridized carbons (Fsp3) is 0. The van der Waals surface area contributed by atoms with Crippen molar-refractivity contribution in [2.75, 3.05) is 4.90 Å². The van der Waals surface area contributed by atoms with Gasteiger partial charge in [0, 0.05) is 22.1 Å². The number of para-hydroxylation sites is 4. The first-order valence-corrected chi connectivity index (χ1v) is 18.5. The Balaban J connectivity index is 1.08. The summed E-state index contributed by atoms with van der Waals surface area (Å²) in [4.78, 5) is 2.39. The van der Waals surface area contributed by atoms with Crippen LogP contribution < -0.4 is 4.90 Å². The van der Waals surface area contributed by atoms with Gasteiger partial charge >= 0.3 is 0 Å². The van der Waals surface area contributed by atoms with Crippen LogP contribution in [0, 0.1) is 0 Å². The molecular weight excluding hydrogens is 653 g/mol. The Morgan fingerprint density at radius 1 is 0.296 bits per heavy atom. The number of nitrogens with zero attached hydrogens (tertiary/aromatic N) is 2. The van der Waals surface area contributed by atoms with Crippen molar-refractivity contribution in [3.8, 4) is 39.1 Å². The van der Waals surface area contributed by atoms with Crippen molar-refractivity contribution in [3.05, 3.63) is 218 Å². The highest BCUT2D eigenvalue weighted by molar-refractivity contribution is 6.10. The fourth-order valence-electron chi connectivity index (χ4n) is 8.01. The highest BCUT2D eigenvalue weighted by Crippen LogP contribution is 2.42. The molecule has 0 aliphatic carbocycles. The Bertz CT molecular complexity index is 2840. The molecule has 0 saturated carbocycles. The number of hydrogen-bond acceptors (Lipinski definition) is 1. The Morgan fingerprint density at radius 3 is 1.37 bits per heavy atom. The summed E-state index contributed by atoms with van der Waals surface area (Å²) < 4.78 is 2.41. The van der Waals surface area contributed by atoms with Gasteiger partial charge < -0.3 is 9.47 Å². The molecule has 0 aliphatic rings. The molecule has 54 heavy (non-hydrogen) atoms. The van der Waals surface area contributed by atoms with E-state index in [9.17, 15) is 0 Å². The lowest BCUT2D eigenvalue weighted by atomic mass is 9.96. The van der Waals surface area contributed by atoms with Crippen molar-refractivity contribution in [2.45, 2.75) is 0 Å². The second kappa shape index (κ2) is 13.4. The summed E-state index contributed by atoms with van der Waals surface area (Å²) in [5, 5.41) is 5.03. The SMILES string of the molecule is c1ccc(-c2ccc(N(c3ccc(-c4ccc(-c5cccc6ccccc56)cc4)cc3)c3ccccc3-n3c4ccccc4c4ccccc43)cc2)cc1. The van der Waals surface area contributed by atoms with Crippen LogP contribution in [0.1, 0.15) is 0 Å². The van der Waals surface area contributed by atoms with Crippen LogP contribution in [0.3, 0.4) is 0 Å². The van der Waals surface area contributed by atoms with Crippen molar-refractivity contribution >= 4 is 49.6 Å². The number of anilines is 3.